The Morgan fingerprint density at radius 3 is 2.35 bits per heavy atom. The van der Waals surface area contributed by atoms with Crippen LogP contribution in [0.25, 0.3) is 0 Å². The molecule has 1 aromatic rings. The molecule has 0 unspecified atom stereocenters. The van der Waals surface area contributed by atoms with Crippen LogP contribution in [0.3, 0.4) is 0 Å². The van der Waals surface area contributed by atoms with E-state index in [0.717, 1.165) is 38.6 Å². The van der Waals surface area contributed by atoms with E-state index >= 15 is 0 Å². The van der Waals surface area contributed by atoms with Crippen molar-refractivity contribution < 1.29 is 13.2 Å². The van der Waals surface area contributed by atoms with Gasteiger partial charge in [0.25, 0.3) is 5.91 Å². The van der Waals surface area contributed by atoms with Crippen LogP contribution < -0.4 is 5.32 Å². The molecule has 0 radical (unpaired) electrons. The van der Waals surface area contributed by atoms with E-state index in [4.69, 9.17) is 0 Å². The molecule has 1 saturated carbocycles. The Balaban J connectivity index is 1.95. The SMILES string of the molecule is CN(C)CCCNC(=O)c1ccc(S(=O)(=O)C2CCCC2)cc1. The van der Waals surface area contributed by atoms with Crippen molar-refractivity contribution in [2.75, 3.05) is 27.2 Å². The van der Waals surface area contributed by atoms with Crippen molar-refractivity contribution in [1.82, 2.24) is 10.2 Å². The quantitative estimate of drug-likeness (QED) is 0.773. The first-order valence-electron chi connectivity index (χ1n) is 8.18. The summed E-state index contributed by atoms with van der Waals surface area (Å²) < 4.78 is 25.0. The maximum absolute atomic E-state index is 12.5. The van der Waals surface area contributed by atoms with Gasteiger partial charge in [0, 0.05) is 12.1 Å². The Kier molecular flexibility index (Phi) is 6.18. The van der Waals surface area contributed by atoms with Crippen molar-refractivity contribution in [2.24, 2.45) is 0 Å². The molecular formula is C17H26N2O3S. The molecule has 1 aromatic carbocycles. The molecule has 0 saturated heterocycles. The largest absolute Gasteiger partial charge is 0.352 e. The Morgan fingerprint density at radius 2 is 1.78 bits per heavy atom. The summed E-state index contributed by atoms with van der Waals surface area (Å²) in [5.41, 5.74) is 0.500. The van der Waals surface area contributed by atoms with E-state index in [2.05, 4.69) is 10.2 Å². The highest BCUT2D eigenvalue weighted by Crippen LogP contribution is 2.29. The van der Waals surface area contributed by atoms with E-state index < -0.39 is 9.84 Å². The zero-order chi connectivity index (χ0) is 16.9. The molecule has 5 nitrogen and oxygen atoms in total. The van der Waals surface area contributed by atoms with Gasteiger partial charge in [-0.3, -0.25) is 4.79 Å². The van der Waals surface area contributed by atoms with Gasteiger partial charge in [0.05, 0.1) is 10.1 Å². The van der Waals surface area contributed by atoms with Gasteiger partial charge in [-0.15, -0.1) is 0 Å². The summed E-state index contributed by atoms with van der Waals surface area (Å²) in [5, 5.41) is 2.60. The average molecular weight is 338 g/mol. The summed E-state index contributed by atoms with van der Waals surface area (Å²) in [6, 6.07) is 6.32. The molecule has 1 amide bonds. The van der Waals surface area contributed by atoms with Gasteiger partial charge in [0.2, 0.25) is 0 Å². The van der Waals surface area contributed by atoms with Gasteiger partial charge in [0.1, 0.15) is 0 Å². The van der Waals surface area contributed by atoms with Crippen LogP contribution in [0.15, 0.2) is 29.2 Å². The molecule has 1 aliphatic carbocycles. The molecule has 1 aliphatic rings. The van der Waals surface area contributed by atoms with Gasteiger partial charge in [0.15, 0.2) is 9.84 Å². The molecule has 23 heavy (non-hydrogen) atoms. The second kappa shape index (κ2) is 7.93. The number of nitrogens with one attached hydrogen (secondary N) is 1. The number of carbonyl (C=O) groups excluding carboxylic acids is 1. The Bertz CT molecular complexity index is 618. The molecule has 0 atom stereocenters. The fourth-order valence-electron chi connectivity index (χ4n) is 2.89. The van der Waals surface area contributed by atoms with Crippen LogP contribution in [0.2, 0.25) is 0 Å². The van der Waals surface area contributed by atoms with E-state index in [-0.39, 0.29) is 11.2 Å². The molecular weight excluding hydrogens is 312 g/mol. The normalized spacial score (nSPS) is 16.0. The topological polar surface area (TPSA) is 66.5 Å². The Morgan fingerprint density at radius 1 is 1.17 bits per heavy atom. The summed E-state index contributed by atoms with van der Waals surface area (Å²) in [5.74, 6) is -0.159. The summed E-state index contributed by atoms with van der Waals surface area (Å²) in [6.07, 6.45) is 4.34. The van der Waals surface area contributed by atoms with Crippen molar-refractivity contribution in [3.8, 4) is 0 Å². The van der Waals surface area contributed by atoms with Crippen molar-refractivity contribution in [1.29, 1.82) is 0 Å². The van der Waals surface area contributed by atoms with Crippen LogP contribution in [-0.4, -0.2) is 51.7 Å². The summed E-state index contributed by atoms with van der Waals surface area (Å²) in [6.45, 7) is 1.53. The standard InChI is InChI=1S/C17H26N2O3S/c1-19(2)13-5-12-18-17(20)14-8-10-16(11-9-14)23(21,22)15-6-3-4-7-15/h8-11,15H,3-7,12-13H2,1-2H3,(H,18,20). The minimum Gasteiger partial charge on any atom is -0.352 e. The molecule has 0 bridgehead atoms. The van der Waals surface area contributed by atoms with E-state index in [1.165, 1.54) is 0 Å². The van der Waals surface area contributed by atoms with Crippen LogP contribution in [0.4, 0.5) is 0 Å². The van der Waals surface area contributed by atoms with Crippen LogP contribution in [-0.2, 0) is 9.84 Å². The molecule has 1 N–H and O–H groups in total. The fraction of sp³-hybridized carbons (Fsp3) is 0.588. The van der Waals surface area contributed by atoms with Gasteiger partial charge in [-0.25, -0.2) is 8.42 Å². The Hall–Kier alpha value is -1.40. The molecule has 1 fully saturated rings. The van der Waals surface area contributed by atoms with E-state index in [9.17, 15) is 13.2 Å². The van der Waals surface area contributed by atoms with Crippen molar-refractivity contribution >= 4 is 15.7 Å². The molecule has 0 spiro atoms. The predicted molar refractivity (Wildman–Crippen MR) is 91.4 cm³/mol. The third-order valence-corrected chi connectivity index (χ3v) is 6.53. The van der Waals surface area contributed by atoms with Crippen molar-refractivity contribution in [3.63, 3.8) is 0 Å². The maximum Gasteiger partial charge on any atom is 0.251 e. The van der Waals surface area contributed by atoms with Crippen LogP contribution in [0.5, 0.6) is 0 Å². The number of amides is 1. The van der Waals surface area contributed by atoms with Gasteiger partial charge in [-0.2, -0.15) is 0 Å². The highest BCUT2D eigenvalue weighted by atomic mass is 32.2. The minimum absolute atomic E-state index is 0.159. The summed E-state index contributed by atoms with van der Waals surface area (Å²) in [4.78, 5) is 14.4. The van der Waals surface area contributed by atoms with Gasteiger partial charge in [-0.05, 0) is 64.2 Å². The highest BCUT2D eigenvalue weighted by Gasteiger charge is 2.30. The number of carbonyl (C=O) groups is 1. The highest BCUT2D eigenvalue weighted by molar-refractivity contribution is 7.92. The number of hydrogen-bond donors (Lipinski definition) is 1. The summed E-state index contributed by atoms with van der Waals surface area (Å²) in [7, 11) is 0.734. The average Bonchev–Trinajstić information content (AvgIpc) is 3.06. The molecule has 0 heterocycles. The smallest absolute Gasteiger partial charge is 0.251 e. The van der Waals surface area contributed by atoms with Gasteiger partial charge in [-0.1, -0.05) is 12.8 Å². The lowest BCUT2D eigenvalue weighted by atomic mass is 10.2. The lowest BCUT2D eigenvalue weighted by Crippen LogP contribution is -2.27. The number of hydrogen-bond acceptors (Lipinski definition) is 4. The minimum atomic E-state index is -3.25. The lowest BCUT2D eigenvalue weighted by molar-refractivity contribution is 0.0952. The van der Waals surface area contributed by atoms with E-state index in [0.29, 0.717) is 17.0 Å². The molecule has 128 valence electrons. The molecule has 2 rings (SSSR count). The zero-order valence-electron chi connectivity index (χ0n) is 13.9. The predicted octanol–water partition coefficient (Wildman–Crippen LogP) is 2.08. The number of sulfone groups is 1. The molecule has 0 aromatic heterocycles. The third kappa shape index (κ3) is 4.78. The second-order valence-electron chi connectivity index (χ2n) is 6.39. The van der Waals surface area contributed by atoms with Gasteiger partial charge >= 0.3 is 0 Å². The number of rotatable bonds is 7. The number of nitrogens with zero attached hydrogens (tertiary/aromatic N) is 1. The first-order valence-corrected chi connectivity index (χ1v) is 9.73. The first-order chi connectivity index (χ1) is 10.9. The molecule has 0 aliphatic heterocycles. The van der Waals surface area contributed by atoms with Crippen molar-refractivity contribution in [3.05, 3.63) is 29.8 Å². The lowest BCUT2D eigenvalue weighted by Gasteiger charge is -2.12. The summed E-state index contributed by atoms with van der Waals surface area (Å²) >= 11 is 0. The second-order valence-corrected chi connectivity index (χ2v) is 8.62. The van der Waals surface area contributed by atoms with Crippen LogP contribution >= 0.6 is 0 Å². The first kappa shape index (κ1) is 17.9. The zero-order valence-corrected chi connectivity index (χ0v) is 14.7. The maximum atomic E-state index is 12.5. The monoisotopic (exact) mass is 338 g/mol. The van der Waals surface area contributed by atoms with Crippen LogP contribution in [0.1, 0.15) is 42.5 Å². The fourth-order valence-corrected chi connectivity index (χ4v) is 4.74. The van der Waals surface area contributed by atoms with E-state index in [1.807, 2.05) is 14.1 Å². The number of benzene rings is 1. The van der Waals surface area contributed by atoms with E-state index in [1.54, 1.807) is 24.3 Å². The van der Waals surface area contributed by atoms with Gasteiger partial charge < -0.3 is 10.2 Å². The molecule has 6 heteroatoms. The van der Waals surface area contributed by atoms with Crippen molar-refractivity contribution in [2.45, 2.75) is 42.2 Å². The Labute approximate surface area is 139 Å². The third-order valence-electron chi connectivity index (χ3n) is 4.25. The van der Waals surface area contributed by atoms with Crippen LogP contribution in [0, 0.1) is 0 Å².